The third-order valence-corrected chi connectivity index (χ3v) is 15.6. The van der Waals surface area contributed by atoms with Gasteiger partial charge in [-0.2, -0.15) is 4.98 Å². The first kappa shape index (κ1) is 43.8. The Bertz CT molecular complexity index is 2900. The van der Waals surface area contributed by atoms with E-state index in [2.05, 4.69) is 54.6 Å². The van der Waals surface area contributed by atoms with Crippen LogP contribution < -0.4 is 26.0 Å². The molecule has 1 spiro atoms. The topological polar surface area (TPSA) is 191 Å². The quantitative estimate of drug-likeness (QED) is 0.141. The fraction of sp³-hybridized carbons (Fsp3) is 0.451. The number of pyridine rings is 1. The zero-order valence-corrected chi connectivity index (χ0v) is 38.4. The van der Waals surface area contributed by atoms with E-state index in [1.165, 1.54) is 31.4 Å². The van der Waals surface area contributed by atoms with E-state index < -0.39 is 29.4 Å². The van der Waals surface area contributed by atoms with E-state index in [1.54, 1.807) is 34.6 Å². The fourth-order valence-electron chi connectivity index (χ4n) is 11.3. The minimum atomic E-state index is -1.12. The Balaban J connectivity index is 0.663. The first-order valence-electron chi connectivity index (χ1n) is 24.2. The van der Waals surface area contributed by atoms with Gasteiger partial charge in [0, 0.05) is 62.4 Å². The SMILES string of the molecule is C[C@@]1(O)CC/C=C\Cn2c(=O)c3cnc(Nc4ccc(N5CCC6(CCN(CC7CCN(c8ccc9c(c8)C(=O)N(C8CCC(=O)NC8=O)C9=O)CC7)CC6)CC5)cc4)nc3n2-c2cccc1n2. The van der Waals surface area contributed by atoms with Gasteiger partial charge in [0.25, 0.3) is 17.4 Å². The number of anilines is 4. The average Bonchev–Trinajstić information content (AvgIpc) is 3.76. The summed E-state index contributed by atoms with van der Waals surface area (Å²) in [5.74, 6) is -0.449. The summed E-state index contributed by atoms with van der Waals surface area (Å²) in [6, 6.07) is 18.3. The van der Waals surface area contributed by atoms with Crippen molar-refractivity contribution in [1.29, 1.82) is 0 Å². The lowest BCUT2D eigenvalue weighted by molar-refractivity contribution is -0.136. The second-order valence-corrected chi connectivity index (χ2v) is 19.9. The number of aromatic nitrogens is 5. The minimum Gasteiger partial charge on any atom is -0.384 e. The van der Waals surface area contributed by atoms with Gasteiger partial charge in [0.1, 0.15) is 17.0 Å². The molecular formula is C51H57N11O6. The van der Waals surface area contributed by atoms with Gasteiger partial charge < -0.3 is 25.1 Å². The minimum absolute atomic E-state index is 0.0989. The van der Waals surface area contributed by atoms with Crippen LogP contribution in [0.4, 0.5) is 23.0 Å². The lowest BCUT2D eigenvalue weighted by Gasteiger charge is -2.48. The van der Waals surface area contributed by atoms with Crippen LogP contribution in [0.15, 0.2) is 83.8 Å². The van der Waals surface area contributed by atoms with Crippen molar-refractivity contribution < 1.29 is 24.3 Å². The largest absolute Gasteiger partial charge is 0.384 e. The Labute approximate surface area is 393 Å². The van der Waals surface area contributed by atoms with Crippen molar-refractivity contribution in [2.24, 2.45) is 11.3 Å². The van der Waals surface area contributed by atoms with Crippen molar-refractivity contribution >= 4 is 57.7 Å². The van der Waals surface area contributed by atoms with Crippen LogP contribution in [0.3, 0.4) is 0 Å². The molecule has 5 aromatic rings. The van der Waals surface area contributed by atoms with Gasteiger partial charge in [0.05, 0.1) is 23.4 Å². The highest BCUT2D eigenvalue weighted by Crippen LogP contribution is 2.43. The maximum absolute atomic E-state index is 13.6. The molecule has 11 rings (SSSR count). The number of carbonyl (C=O) groups excluding carboxylic acids is 4. The zero-order valence-electron chi connectivity index (χ0n) is 38.4. The lowest BCUT2D eigenvalue weighted by atomic mass is 9.71. The van der Waals surface area contributed by atoms with E-state index >= 15 is 0 Å². The van der Waals surface area contributed by atoms with Crippen LogP contribution in [-0.2, 0) is 21.7 Å². The molecule has 4 saturated heterocycles. The summed E-state index contributed by atoms with van der Waals surface area (Å²) in [4.78, 5) is 87.0. The highest BCUT2D eigenvalue weighted by atomic mass is 16.3. The molecule has 0 saturated carbocycles. The Morgan fingerprint density at radius 3 is 2.26 bits per heavy atom. The Hall–Kier alpha value is -6.72. The third kappa shape index (κ3) is 8.14. The van der Waals surface area contributed by atoms with Crippen molar-refractivity contribution in [3.63, 3.8) is 0 Å². The smallest absolute Gasteiger partial charge is 0.278 e. The molecule has 68 heavy (non-hydrogen) atoms. The molecule has 17 heteroatoms. The van der Waals surface area contributed by atoms with E-state index in [4.69, 9.17) is 9.97 Å². The number of hydrogen-bond acceptors (Lipinski definition) is 13. The van der Waals surface area contributed by atoms with Crippen LogP contribution in [0.1, 0.15) is 97.5 Å². The maximum Gasteiger partial charge on any atom is 0.278 e. The summed E-state index contributed by atoms with van der Waals surface area (Å²) in [5.41, 5.74) is 3.63. The molecule has 6 aliphatic heterocycles. The van der Waals surface area contributed by atoms with Crippen molar-refractivity contribution in [1.82, 2.24) is 39.4 Å². The third-order valence-electron chi connectivity index (χ3n) is 15.6. The predicted molar refractivity (Wildman–Crippen MR) is 256 cm³/mol. The summed E-state index contributed by atoms with van der Waals surface area (Å²) in [6.07, 6.45) is 13.8. The number of hydrogen-bond donors (Lipinski definition) is 3. The highest BCUT2D eigenvalue weighted by Gasteiger charge is 2.45. The second kappa shape index (κ2) is 17.4. The molecule has 9 heterocycles. The molecule has 2 bridgehead atoms. The number of piperidine rings is 4. The monoisotopic (exact) mass is 919 g/mol. The summed E-state index contributed by atoms with van der Waals surface area (Å²) >= 11 is 0. The number of likely N-dealkylation sites (tertiary alicyclic amines) is 1. The molecule has 4 amide bonds. The van der Waals surface area contributed by atoms with Gasteiger partial charge in [-0.15, -0.1) is 0 Å². The molecule has 3 aromatic heterocycles. The summed E-state index contributed by atoms with van der Waals surface area (Å²) < 4.78 is 3.33. The van der Waals surface area contributed by atoms with E-state index in [-0.39, 0.29) is 24.3 Å². The number of allylic oxidation sites excluding steroid dienone is 2. The van der Waals surface area contributed by atoms with Crippen molar-refractivity contribution in [2.45, 2.75) is 89.3 Å². The van der Waals surface area contributed by atoms with Crippen molar-refractivity contribution in [3.05, 3.63) is 106 Å². The molecular weight excluding hydrogens is 863 g/mol. The van der Waals surface area contributed by atoms with Gasteiger partial charge >= 0.3 is 0 Å². The number of nitrogens with zero attached hydrogens (tertiary/aromatic N) is 9. The first-order chi connectivity index (χ1) is 32.9. The second-order valence-electron chi connectivity index (χ2n) is 19.9. The van der Waals surface area contributed by atoms with Gasteiger partial charge in [-0.05, 0) is 144 Å². The van der Waals surface area contributed by atoms with Crippen LogP contribution in [0.5, 0.6) is 0 Å². The van der Waals surface area contributed by atoms with Crippen molar-refractivity contribution in [2.75, 3.05) is 60.9 Å². The van der Waals surface area contributed by atoms with E-state index in [9.17, 15) is 29.1 Å². The Kier molecular flexibility index (Phi) is 11.2. The Morgan fingerprint density at radius 2 is 1.50 bits per heavy atom. The molecule has 3 N–H and O–H groups in total. The van der Waals surface area contributed by atoms with Gasteiger partial charge in [-0.3, -0.25) is 34.2 Å². The standard InChI is InChI=1S/C51H57N11O6/c1-50(68)18-3-2-4-23-60-46(65)39-31-52-49(56-44(39)62(60)42-7-5-6-41(50)54-42)53-34-8-10-35(11-9-34)59-28-21-51(22-29-59)19-26-57(27-20-51)32-33-16-24-58(25-17-33)36-12-13-37-38(30-36)48(67)61(47(37)66)40-14-15-43(63)55-45(40)64/h2,4-13,30-31,33,40,68H,3,14-29,32H2,1H3,(H,52,53,56)(H,55,63,64)/b4-2-/t40?,50-/m1/s1. The number of benzene rings is 2. The number of fused-ring (bicyclic) bond motifs is 7. The normalized spacial score (nSPS) is 23.9. The number of nitrogens with one attached hydrogen (secondary N) is 2. The molecule has 0 aliphatic carbocycles. The Morgan fingerprint density at radius 1 is 0.779 bits per heavy atom. The lowest BCUT2D eigenvalue weighted by Crippen LogP contribution is -2.54. The van der Waals surface area contributed by atoms with Crippen LogP contribution >= 0.6 is 0 Å². The molecule has 352 valence electrons. The number of carbonyl (C=O) groups is 4. The molecule has 2 atom stereocenters. The van der Waals surface area contributed by atoms with Crippen LogP contribution in [0.25, 0.3) is 16.9 Å². The van der Waals surface area contributed by atoms with E-state index in [0.717, 1.165) is 74.9 Å². The summed E-state index contributed by atoms with van der Waals surface area (Å²) in [6.45, 7) is 9.27. The summed E-state index contributed by atoms with van der Waals surface area (Å²) in [7, 11) is 0. The zero-order chi connectivity index (χ0) is 46.7. The van der Waals surface area contributed by atoms with Gasteiger partial charge in [-0.1, -0.05) is 18.2 Å². The van der Waals surface area contributed by atoms with Gasteiger partial charge in [0.15, 0.2) is 11.5 Å². The molecule has 1 unspecified atom stereocenters. The highest BCUT2D eigenvalue weighted by molar-refractivity contribution is 6.23. The van der Waals surface area contributed by atoms with E-state index in [0.29, 0.717) is 70.3 Å². The molecule has 4 fully saturated rings. The first-order valence-corrected chi connectivity index (χ1v) is 24.2. The number of imide groups is 2. The summed E-state index contributed by atoms with van der Waals surface area (Å²) in [5, 5.41) is 17.2. The van der Waals surface area contributed by atoms with E-state index in [1.807, 2.05) is 36.4 Å². The molecule has 17 nitrogen and oxygen atoms in total. The molecule has 0 radical (unpaired) electrons. The molecule has 2 aromatic carbocycles. The number of rotatable bonds is 7. The van der Waals surface area contributed by atoms with Gasteiger partial charge in [0.2, 0.25) is 17.8 Å². The maximum atomic E-state index is 13.6. The number of aliphatic hydroxyl groups is 1. The number of amides is 4. The average molecular weight is 920 g/mol. The predicted octanol–water partition coefficient (Wildman–Crippen LogP) is 5.28. The van der Waals surface area contributed by atoms with Crippen molar-refractivity contribution in [3.8, 4) is 5.82 Å². The van der Waals surface area contributed by atoms with Crippen LogP contribution in [0.2, 0.25) is 0 Å². The van der Waals surface area contributed by atoms with Gasteiger partial charge in [-0.25, -0.2) is 19.3 Å². The van der Waals surface area contributed by atoms with Crippen LogP contribution in [-0.4, -0.2) is 115 Å². The fourth-order valence-corrected chi connectivity index (χ4v) is 11.3. The van der Waals surface area contributed by atoms with Crippen LogP contribution in [0, 0.1) is 11.3 Å². The molecule has 6 aliphatic rings.